The Morgan fingerprint density at radius 2 is 1.94 bits per heavy atom. The third-order valence-corrected chi connectivity index (χ3v) is 5.43. The van der Waals surface area contributed by atoms with Gasteiger partial charge in [0.25, 0.3) is 0 Å². The van der Waals surface area contributed by atoms with Crippen molar-refractivity contribution in [3.05, 3.63) is 41.5 Å². The average Bonchev–Trinajstić information content (AvgIpc) is 2.65. The molecule has 2 atom stereocenters. The molecule has 2 saturated carbocycles. The van der Waals surface area contributed by atoms with E-state index in [0.29, 0.717) is 11.7 Å². The van der Waals surface area contributed by atoms with Crippen LogP contribution >= 0.6 is 0 Å². The van der Waals surface area contributed by atoms with Crippen LogP contribution in [0.15, 0.2) is 29.8 Å². The summed E-state index contributed by atoms with van der Waals surface area (Å²) in [6.07, 6.45) is 4.29. The molecule has 2 fully saturated rings. The van der Waals surface area contributed by atoms with Gasteiger partial charge in [-0.05, 0) is 47.5 Å². The van der Waals surface area contributed by atoms with Gasteiger partial charge in [0.1, 0.15) is 0 Å². The zero-order valence-electron chi connectivity index (χ0n) is 11.3. The minimum atomic E-state index is -0.148. The van der Waals surface area contributed by atoms with E-state index >= 15 is 0 Å². The molecule has 1 radical (unpaired) electrons. The molecule has 0 aliphatic heterocycles. The molecule has 0 spiro atoms. The van der Waals surface area contributed by atoms with Gasteiger partial charge in [0.05, 0.1) is 0 Å². The molecule has 18 heavy (non-hydrogen) atoms. The predicted octanol–water partition coefficient (Wildman–Crippen LogP) is 3.90. The Morgan fingerprint density at radius 3 is 2.50 bits per heavy atom. The molecule has 1 aromatic rings. The summed E-state index contributed by atoms with van der Waals surface area (Å²) in [7, 11) is 0. The van der Waals surface area contributed by atoms with Crippen molar-refractivity contribution < 1.29 is 4.79 Å². The molecule has 2 aliphatic carbocycles. The molecule has 2 unspecified atom stereocenters. The normalized spacial score (nSPS) is 35.4. The molecule has 93 valence electrons. The fourth-order valence-electron chi connectivity index (χ4n) is 3.77. The maximum Gasteiger partial charge on any atom is 0.165 e. The summed E-state index contributed by atoms with van der Waals surface area (Å²) in [6, 6.07) is 10.8. The van der Waals surface area contributed by atoms with E-state index in [-0.39, 0.29) is 10.8 Å². The van der Waals surface area contributed by atoms with Crippen LogP contribution in [0.5, 0.6) is 0 Å². The van der Waals surface area contributed by atoms with Gasteiger partial charge >= 0.3 is 0 Å². The predicted molar refractivity (Wildman–Crippen MR) is 72.9 cm³/mol. The largest absolute Gasteiger partial charge is 0.294 e. The van der Waals surface area contributed by atoms with Crippen molar-refractivity contribution in [1.29, 1.82) is 0 Å². The highest BCUT2D eigenvalue weighted by atomic mass is 16.1. The molecule has 0 amide bonds. The lowest BCUT2D eigenvalue weighted by atomic mass is 9.70. The molecule has 0 saturated heterocycles. The molecule has 3 rings (SSSR count). The average molecular weight is 239 g/mol. The Kier molecular flexibility index (Phi) is 2.32. The first kappa shape index (κ1) is 11.7. The van der Waals surface area contributed by atoms with Crippen LogP contribution in [0.4, 0.5) is 0 Å². The van der Waals surface area contributed by atoms with Crippen LogP contribution in [0.1, 0.15) is 39.2 Å². The molecule has 2 bridgehead atoms. The van der Waals surface area contributed by atoms with Gasteiger partial charge in [0.15, 0.2) is 5.78 Å². The molecule has 1 aromatic carbocycles. The van der Waals surface area contributed by atoms with Crippen molar-refractivity contribution in [3.8, 4) is 0 Å². The van der Waals surface area contributed by atoms with E-state index in [1.165, 1.54) is 0 Å². The van der Waals surface area contributed by atoms with Crippen LogP contribution in [-0.4, -0.2) is 5.78 Å². The van der Waals surface area contributed by atoms with E-state index in [1.807, 2.05) is 24.3 Å². The Morgan fingerprint density at radius 1 is 1.28 bits per heavy atom. The summed E-state index contributed by atoms with van der Waals surface area (Å²) in [4.78, 5) is 12.6. The maximum absolute atomic E-state index is 12.6. The number of fused-ring (bicyclic) bond motifs is 2. The number of benzene rings is 1. The first-order chi connectivity index (χ1) is 8.47. The maximum atomic E-state index is 12.6. The number of allylic oxidation sites excluding steroid dienone is 1. The van der Waals surface area contributed by atoms with E-state index in [4.69, 9.17) is 0 Å². The van der Waals surface area contributed by atoms with Gasteiger partial charge in [0.2, 0.25) is 0 Å². The Labute approximate surface area is 109 Å². The monoisotopic (exact) mass is 239 g/mol. The fraction of sp³-hybridized carbons (Fsp3) is 0.471. The highest BCUT2D eigenvalue weighted by molar-refractivity contribution is 6.07. The van der Waals surface area contributed by atoms with E-state index in [2.05, 4.69) is 32.9 Å². The number of rotatable bonds is 1. The van der Waals surface area contributed by atoms with E-state index in [1.54, 1.807) is 0 Å². The standard InChI is InChI=1S/C17H19O/c1-16(2)14-9-10-17(16,3)15(18)13(14)11-12-7-5-4-6-8-12/h5-8,11,14H,9-10H2,1-3H3. The summed E-state index contributed by atoms with van der Waals surface area (Å²) in [6.45, 7) is 6.65. The number of hydrogen-bond acceptors (Lipinski definition) is 1. The minimum Gasteiger partial charge on any atom is -0.294 e. The molecular formula is C17H19O. The lowest BCUT2D eigenvalue weighted by Crippen LogP contribution is -2.32. The van der Waals surface area contributed by atoms with Crippen molar-refractivity contribution in [1.82, 2.24) is 0 Å². The SMILES string of the molecule is CC12CCC(C(=Cc3cc[c]cc3)C1=O)C2(C)C. The Balaban J connectivity index is 2.07. The van der Waals surface area contributed by atoms with Crippen molar-refractivity contribution in [2.45, 2.75) is 33.6 Å². The number of carbonyl (C=O) groups excluding carboxylic acids is 1. The molecule has 2 aliphatic rings. The summed E-state index contributed by atoms with van der Waals surface area (Å²) in [5.41, 5.74) is 2.12. The van der Waals surface area contributed by atoms with E-state index < -0.39 is 0 Å². The van der Waals surface area contributed by atoms with Crippen LogP contribution in [0.2, 0.25) is 0 Å². The number of carbonyl (C=O) groups is 1. The zero-order chi connectivity index (χ0) is 13.0. The third kappa shape index (κ3) is 1.31. The van der Waals surface area contributed by atoms with Crippen LogP contribution in [0, 0.1) is 22.8 Å². The van der Waals surface area contributed by atoms with Crippen LogP contribution in [0.25, 0.3) is 6.08 Å². The molecule has 1 nitrogen and oxygen atoms in total. The topological polar surface area (TPSA) is 17.1 Å². The summed E-state index contributed by atoms with van der Waals surface area (Å²) in [5.74, 6) is 0.802. The molecule has 0 aromatic heterocycles. The summed E-state index contributed by atoms with van der Waals surface area (Å²) >= 11 is 0. The van der Waals surface area contributed by atoms with Crippen molar-refractivity contribution >= 4 is 11.9 Å². The molecule has 0 N–H and O–H groups in total. The highest BCUT2D eigenvalue weighted by Gasteiger charge is 2.63. The van der Waals surface area contributed by atoms with Gasteiger partial charge in [-0.15, -0.1) is 0 Å². The van der Waals surface area contributed by atoms with Gasteiger partial charge in [-0.3, -0.25) is 4.79 Å². The lowest BCUT2D eigenvalue weighted by molar-refractivity contribution is -0.125. The second-order valence-electron chi connectivity index (χ2n) is 6.41. The first-order valence-corrected chi connectivity index (χ1v) is 6.69. The van der Waals surface area contributed by atoms with Crippen molar-refractivity contribution in [2.24, 2.45) is 16.7 Å². The smallest absolute Gasteiger partial charge is 0.165 e. The van der Waals surface area contributed by atoms with E-state index in [9.17, 15) is 4.79 Å². The number of Topliss-reactive ketones (excluding diaryl/α,β-unsaturated/α-hetero) is 1. The van der Waals surface area contributed by atoms with Gasteiger partial charge < -0.3 is 0 Å². The molecule has 1 heteroatoms. The lowest BCUT2D eigenvalue weighted by Gasteiger charge is -2.31. The van der Waals surface area contributed by atoms with Crippen molar-refractivity contribution in [3.63, 3.8) is 0 Å². The highest BCUT2D eigenvalue weighted by Crippen LogP contribution is 2.65. The van der Waals surface area contributed by atoms with Gasteiger partial charge in [-0.2, -0.15) is 0 Å². The second kappa shape index (κ2) is 3.57. The quantitative estimate of drug-likeness (QED) is 0.679. The summed E-state index contributed by atoms with van der Waals surface area (Å²) < 4.78 is 0. The second-order valence-corrected chi connectivity index (χ2v) is 6.41. The summed E-state index contributed by atoms with van der Waals surface area (Å²) in [5, 5.41) is 0. The van der Waals surface area contributed by atoms with Crippen LogP contribution in [0.3, 0.4) is 0 Å². The molecular weight excluding hydrogens is 220 g/mol. The Hall–Kier alpha value is -1.37. The van der Waals surface area contributed by atoms with Crippen LogP contribution < -0.4 is 0 Å². The van der Waals surface area contributed by atoms with Gasteiger partial charge in [-0.25, -0.2) is 0 Å². The third-order valence-electron chi connectivity index (χ3n) is 5.43. The number of ketones is 1. The van der Waals surface area contributed by atoms with Gasteiger partial charge in [0, 0.05) is 5.41 Å². The first-order valence-electron chi connectivity index (χ1n) is 6.69. The molecule has 0 heterocycles. The minimum absolute atomic E-state index is 0.108. The van der Waals surface area contributed by atoms with Crippen LogP contribution in [-0.2, 0) is 4.79 Å². The fourth-order valence-corrected chi connectivity index (χ4v) is 3.77. The number of hydrogen-bond donors (Lipinski definition) is 0. The van der Waals surface area contributed by atoms with Gasteiger partial charge in [-0.1, -0.05) is 45.0 Å². The Bertz CT molecular complexity index is 524. The van der Waals surface area contributed by atoms with Crippen molar-refractivity contribution in [2.75, 3.05) is 0 Å². The zero-order valence-corrected chi connectivity index (χ0v) is 11.3. The van der Waals surface area contributed by atoms with E-state index in [0.717, 1.165) is 24.0 Å².